The molecule has 1 aromatic rings. The number of likely N-dealkylation sites (tertiary alicyclic amines) is 1. The van der Waals surface area contributed by atoms with Gasteiger partial charge in [-0.25, -0.2) is 0 Å². The van der Waals surface area contributed by atoms with Crippen molar-refractivity contribution in [1.29, 1.82) is 0 Å². The minimum Gasteiger partial charge on any atom is -0.374 e. The summed E-state index contributed by atoms with van der Waals surface area (Å²) in [6.45, 7) is 4.74. The summed E-state index contributed by atoms with van der Waals surface area (Å²) in [6, 6.07) is 0.846. The van der Waals surface area contributed by atoms with Crippen LogP contribution in [0.4, 0.5) is 13.2 Å². The van der Waals surface area contributed by atoms with Crippen LogP contribution in [0.5, 0.6) is 0 Å². The summed E-state index contributed by atoms with van der Waals surface area (Å²) in [5.41, 5.74) is -0.877. The maximum Gasteiger partial charge on any atom is 0.431 e. The molecule has 0 aliphatic carbocycles. The number of amides is 1. The van der Waals surface area contributed by atoms with E-state index < -0.39 is 17.8 Å². The number of carbonyl (C=O) groups is 1. The lowest BCUT2D eigenvalue weighted by Crippen LogP contribution is -2.30. The SMILES string of the molecule is CC(C)O[C@@H]1CCN(C(=O)c2c[nH]c(C(F)(F)F)c2)C1. The van der Waals surface area contributed by atoms with Gasteiger partial charge in [0, 0.05) is 19.3 Å². The highest BCUT2D eigenvalue weighted by Crippen LogP contribution is 2.29. The summed E-state index contributed by atoms with van der Waals surface area (Å²) in [4.78, 5) is 15.7. The Balaban J connectivity index is 2.00. The number of ether oxygens (including phenoxy) is 1. The number of carbonyl (C=O) groups excluding carboxylic acids is 1. The number of aromatic amines is 1. The molecular weight excluding hydrogens is 273 g/mol. The smallest absolute Gasteiger partial charge is 0.374 e. The van der Waals surface area contributed by atoms with Gasteiger partial charge in [-0.05, 0) is 26.3 Å². The molecule has 4 nitrogen and oxygen atoms in total. The molecule has 0 radical (unpaired) electrons. The van der Waals surface area contributed by atoms with Crippen molar-refractivity contribution < 1.29 is 22.7 Å². The molecule has 1 fully saturated rings. The molecule has 1 aliphatic heterocycles. The first-order valence-corrected chi connectivity index (χ1v) is 6.47. The van der Waals surface area contributed by atoms with Crippen molar-refractivity contribution in [2.24, 2.45) is 0 Å². The Morgan fingerprint density at radius 3 is 2.75 bits per heavy atom. The molecule has 2 heterocycles. The topological polar surface area (TPSA) is 45.3 Å². The number of rotatable bonds is 3. The Kier molecular flexibility index (Phi) is 4.08. The zero-order valence-corrected chi connectivity index (χ0v) is 11.3. The second-order valence-corrected chi connectivity index (χ2v) is 5.15. The average molecular weight is 290 g/mol. The molecule has 0 bridgehead atoms. The lowest BCUT2D eigenvalue weighted by atomic mass is 10.2. The van der Waals surface area contributed by atoms with E-state index in [1.807, 2.05) is 13.8 Å². The second kappa shape index (κ2) is 5.47. The molecule has 1 amide bonds. The van der Waals surface area contributed by atoms with Gasteiger partial charge in [0.2, 0.25) is 0 Å². The molecular formula is C13H17F3N2O2. The number of halogens is 3. The molecule has 112 valence electrons. The Morgan fingerprint density at radius 1 is 1.50 bits per heavy atom. The van der Waals surface area contributed by atoms with E-state index in [9.17, 15) is 18.0 Å². The van der Waals surface area contributed by atoms with Gasteiger partial charge in [0.25, 0.3) is 5.91 Å². The number of alkyl halides is 3. The van der Waals surface area contributed by atoms with Gasteiger partial charge in [0.15, 0.2) is 0 Å². The van der Waals surface area contributed by atoms with E-state index in [2.05, 4.69) is 4.98 Å². The molecule has 0 saturated carbocycles. The average Bonchev–Trinajstić information content (AvgIpc) is 2.94. The molecule has 7 heteroatoms. The largest absolute Gasteiger partial charge is 0.431 e. The van der Waals surface area contributed by atoms with E-state index in [-0.39, 0.29) is 17.8 Å². The van der Waals surface area contributed by atoms with Gasteiger partial charge in [0.05, 0.1) is 17.8 Å². The molecule has 1 atom stereocenters. The monoisotopic (exact) mass is 290 g/mol. The van der Waals surface area contributed by atoms with Gasteiger partial charge in [-0.15, -0.1) is 0 Å². The van der Waals surface area contributed by atoms with Crippen molar-refractivity contribution >= 4 is 5.91 Å². The fourth-order valence-electron chi connectivity index (χ4n) is 2.27. The maximum atomic E-state index is 12.5. The first-order chi connectivity index (χ1) is 9.27. The van der Waals surface area contributed by atoms with E-state index >= 15 is 0 Å². The Labute approximate surface area is 114 Å². The molecule has 1 aliphatic rings. The van der Waals surface area contributed by atoms with Crippen LogP contribution in [0.3, 0.4) is 0 Å². The molecule has 1 N–H and O–H groups in total. The van der Waals surface area contributed by atoms with E-state index in [1.165, 1.54) is 4.90 Å². The van der Waals surface area contributed by atoms with Gasteiger partial charge in [0.1, 0.15) is 5.69 Å². The van der Waals surface area contributed by atoms with Crippen LogP contribution in [0.2, 0.25) is 0 Å². The van der Waals surface area contributed by atoms with Crippen LogP contribution in [0.25, 0.3) is 0 Å². The van der Waals surface area contributed by atoms with Crippen molar-refractivity contribution in [3.63, 3.8) is 0 Å². The summed E-state index contributed by atoms with van der Waals surface area (Å²) in [5.74, 6) is -0.397. The van der Waals surface area contributed by atoms with Crippen LogP contribution in [0.1, 0.15) is 36.3 Å². The molecule has 2 rings (SSSR count). The molecule has 1 aromatic heterocycles. The van der Waals surface area contributed by atoms with Crippen LogP contribution in [-0.4, -0.2) is 41.1 Å². The predicted octanol–water partition coefficient (Wildman–Crippen LogP) is 2.67. The maximum absolute atomic E-state index is 12.5. The van der Waals surface area contributed by atoms with Gasteiger partial charge in [-0.1, -0.05) is 0 Å². The first kappa shape index (κ1) is 14.9. The Hall–Kier alpha value is -1.50. The second-order valence-electron chi connectivity index (χ2n) is 5.15. The van der Waals surface area contributed by atoms with Crippen LogP contribution in [0.15, 0.2) is 12.3 Å². The number of nitrogens with zero attached hydrogens (tertiary/aromatic N) is 1. The Bertz CT molecular complexity index is 482. The van der Waals surface area contributed by atoms with Crippen LogP contribution in [0, 0.1) is 0 Å². The van der Waals surface area contributed by atoms with Crippen molar-refractivity contribution in [1.82, 2.24) is 9.88 Å². The molecule has 1 saturated heterocycles. The number of hydrogen-bond donors (Lipinski definition) is 1. The number of aromatic nitrogens is 1. The van der Waals surface area contributed by atoms with E-state index in [1.54, 1.807) is 0 Å². The molecule has 0 unspecified atom stereocenters. The van der Waals surface area contributed by atoms with E-state index in [4.69, 9.17) is 4.74 Å². The van der Waals surface area contributed by atoms with Gasteiger partial charge in [-0.2, -0.15) is 13.2 Å². The van der Waals surface area contributed by atoms with Crippen LogP contribution in [-0.2, 0) is 10.9 Å². The standard InChI is InChI=1S/C13H17F3N2O2/c1-8(2)20-10-3-4-18(7-10)12(19)9-5-11(17-6-9)13(14,15)16/h5-6,8,10,17H,3-4,7H2,1-2H3/t10-/m1/s1. The van der Waals surface area contributed by atoms with Crippen molar-refractivity contribution in [3.8, 4) is 0 Å². The third-order valence-electron chi connectivity index (χ3n) is 3.13. The highest BCUT2D eigenvalue weighted by molar-refractivity contribution is 5.94. The molecule has 0 spiro atoms. The van der Waals surface area contributed by atoms with Crippen molar-refractivity contribution in [2.75, 3.05) is 13.1 Å². The summed E-state index contributed by atoms with van der Waals surface area (Å²) in [5, 5.41) is 0. The fourth-order valence-corrected chi connectivity index (χ4v) is 2.27. The summed E-state index contributed by atoms with van der Waals surface area (Å²) >= 11 is 0. The third kappa shape index (κ3) is 3.33. The Morgan fingerprint density at radius 2 is 2.20 bits per heavy atom. The van der Waals surface area contributed by atoms with Gasteiger partial charge < -0.3 is 14.6 Å². The van der Waals surface area contributed by atoms with E-state index in [0.29, 0.717) is 19.5 Å². The van der Waals surface area contributed by atoms with Crippen molar-refractivity contribution in [3.05, 3.63) is 23.5 Å². The van der Waals surface area contributed by atoms with Gasteiger partial charge >= 0.3 is 6.18 Å². The molecule has 0 aromatic carbocycles. The normalized spacial score (nSPS) is 19.9. The predicted molar refractivity (Wildman–Crippen MR) is 66.3 cm³/mol. The summed E-state index contributed by atoms with van der Waals surface area (Å²) < 4.78 is 43.0. The van der Waals surface area contributed by atoms with E-state index in [0.717, 1.165) is 12.3 Å². The highest BCUT2D eigenvalue weighted by Gasteiger charge is 2.34. The fraction of sp³-hybridized carbons (Fsp3) is 0.615. The highest BCUT2D eigenvalue weighted by atomic mass is 19.4. The van der Waals surface area contributed by atoms with Gasteiger partial charge in [-0.3, -0.25) is 4.79 Å². The first-order valence-electron chi connectivity index (χ1n) is 6.47. The summed E-state index contributed by atoms with van der Waals surface area (Å²) in [6.07, 6.45) is -2.63. The third-order valence-corrected chi connectivity index (χ3v) is 3.13. The minimum atomic E-state index is -4.47. The molecule has 20 heavy (non-hydrogen) atoms. The zero-order valence-electron chi connectivity index (χ0n) is 11.3. The number of H-pyrrole nitrogens is 1. The van der Waals surface area contributed by atoms with Crippen molar-refractivity contribution in [2.45, 2.75) is 38.7 Å². The lowest BCUT2D eigenvalue weighted by Gasteiger charge is -2.17. The minimum absolute atomic E-state index is 0.0301. The van der Waals surface area contributed by atoms with Crippen LogP contribution >= 0.6 is 0 Å². The lowest BCUT2D eigenvalue weighted by molar-refractivity contribution is -0.140. The number of hydrogen-bond acceptors (Lipinski definition) is 2. The summed E-state index contributed by atoms with van der Waals surface area (Å²) in [7, 11) is 0. The van der Waals surface area contributed by atoms with Crippen LogP contribution < -0.4 is 0 Å². The number of nitrogens with one attached hydrogen (secondary N) is 1. The quantitative estimate of drug-likeness (QED) is 0.930. The zero-order chi connectivity index (χ0) is 14.9.